The smallest absolute Gasteiger partial charge is 0.341 e. The summed E-state index contributed by atoms with van der Waals surface area (Å²) in [5.41, 5.74) is 0.0961. The van der Waals surface area contributed by atoms with Crippen molar-refractivity contribution >= 4 is 5.97 Å². The van der Waals surface area contributed by atoms with Gasteiger partial charge in [0, 0.05) is 6.20 Å². The Kier molecular flexibility index (Phi) is 4.72. The summed E-state index contributed by atoms with van der Waals surface area (Å²) in [6, 6.07) is 3.06. The van der Waals surface area contributed by atoms with Crippen molar-refractivity contribution in [3.8, 4) is 5.88 Å². The number of nitrogens with zero attached hydrogens (tertiary/aromatic N) is 1. The largest absolute Gasteiger partial charge is 0.477 e. The van der Waals surface area contributed by atoms with E-state index in [-0.39, 0.29) is 17.5 Å². The monoisotopic (exact) mass is 224 g/mol. The number of aromatic nitrogens is 1. The molecule has 0 aromatic carbocycles. The molecule has 1 aromatic heterocycles. The molecule has 0 saturated carbocycles. The molecule has 0 bridgehead atoms. The third-order valence-electron chi connectivity index (χ3n) is 2.12. The fourth-order valence-electron chi connectivity index (χ4n) is 1.24. The van der Waals surface area contributed by atoms with Gasteiger partial charge in [0.2, 0.25) is 5.88 Å². The first-order chi connectivity index (χ1) is 7.65. The Labute approximate surface area is 94.5 Å². The van der Waals surface area contributed by atoms with Crippen molar-refractivity contribution in [2.45, 2.75) is 19.4 Å². The van der Waals surface area contributed by atoms with E-state index in [9.17, 15) is 4.79 Å². The number of ether oxygens (including phenoxy) is 1. The predicted molar refractivity (Wildman–Crippen MR) is 59.8 cm³/mol. The Morgan fingerprint density at radius 1 is 1.69 bits per heavy atom. The van der Waals surface area contributed by atoms with Gasteiger partial charge in [-0.25, -0.2) is 9.78 Å². The average Bonchev–Trinajstić information content (AvgIpc) is 2.27. The molecule has 0 aliphatic heterocycles. The summed E-state index contributed by atoms with van der Waals surface area (Å²) in [5, 5.41) is 11.9. The fraction of sp³-hybridized carbons (Fsp3) is 0.455. The second-order valence-electron chi connectivity index (χ2n) is 3.48. The van der Waals surface area contributed by atoms with Gasteiger partial charge in [0.15, 0.2) is 0 Å². The van der Waals surface area contributed by atoms with Crippen LogP contribution in [0.1, 0.15) is 23.7 Å². The van der Waals surface area contributed by atoms with Gasteiger partial charge in [-0.2, -0.15) is 0 Å². The highest BCUT2D eigenvalue weighted by Gasteiger charge is 2.14. The lowest BCUT2D eigenvalue weighted by atomic mass is 10.2. The second kappa shape index (κ2) is 6.07. The summed E-state index contributed by atoms with van der Waals surface area (Å²) in [4.78, 5) is 14.8. The van der Waals surface area contributed by atoms with E-state index in [4.69, 9.17) is 9.84 Å². The molecule has 0 aliphatic carbocycles. The fourth-order valence-corrected chi connectivity index (χ4v) is 1.24. The number of hydrogen-bond acceptors (Lipinski definition) is 4. The van der Waals surface area contributed by atoms with Crippen LogP contribution in [0.3, 0.4) is 0 Å². The minimum Gasteiger partial charge on any atom is -0.477 e. The SMILES string of the molecule is CNCCC(C)Oc1ncccc1C(=O)O. The van der Waals surface area contributed by atoms with Gasteiger partial charge < -0.3 is 15.2 Å². The zero-order valence-corrected chi connectivity index (χ0v) is 9.43. The van der Waals surface area contributed by atoms with Gasteiger partial charge in [0.1, 0.15) is 5.56 Å². The Balaban J connectivity index is 2.69. The van der Waals surface area contributed by atoms with E-state index >= 15 is 0 Å². The van der Waals surface area contributed by atoms with Crippen molar-refractivity contribution in [3.63, 3.8) is 0 Å². The summed E-state index contributed by atoms with van der Waals surface area (Å²) in [5.74, 6) is -0.845. The summed E-state index contributed by atoms with van der Waals surface area (Å²) in [7, 11) is 1.86. The molecule has 0 saturated heterocycles. The predicted octanol–water partition coefficient (Wildman–Crippen LogP) is 1.16. The van der Waals surface area contributed by atoms with E-state index < -0.39 is 5.97 Å². The number of carboxylic acid groups (broad SMARTS) is 1. The first-order valence-electron chi connectivity index (χ1n) is 5.14. The third kappa shape index (κ3) is 3.51. The lowest BCUT2D eigenvalue weighted by Gasteiger charge is -2.14. The number of aromatic carboxylic acids is 1. The molecule has 1 atom stereocenters. The maximum absolute atomic E-state index is 10.9. The Morgan fingerprint density at radius 2 is 2.44 bits per heavy atom. The molecule has 1 heterocycles. The lowest BCUT2D eigenvalue weighted by Crippen LogP contribution is -2.20. The van der Waals surface area contributed by atoms with E-state index in [0.717, 1.165) is 13.0 Å². The summed E-state index contributed by atoms with van der Waals surface area (Å²) >= 11 is 0. The standard InChI is InChI=1S/C11H16N2O3/c1-8(5-7-12-2)16-10-9(11(14)15)4-3-6-13-10/h3-4,6,8,12H,5,7H2,1-2H3,(H,14,15). The Hall–Kier alpha value is -1.62. The molecular weight excluding hydrogens is 208 g/mol. The summed E-state index contributed by atoms with van der Waals surface area (Å²) in [6.07, 6.45) is 2.25. The number of hydrogen-bond donors (Lipinski definition) is 2. The molecule has 0 fully saturated rings. The van der Waals surface area contributed by atoms with Crippen molar-refractivity contribution in [2.75, 3.05) is 13.6 Å². The van der Waals surface area contributed by atoms with Crippen LogP contribution in [0.4, 0.5) is 0 Å². The van der Waals surface area contributed by atoms with Gasteiger partial charge in [-0.15, -0.1) is 0 Å². The zero-order chi connectivity index (χ0) is 12.0. The molecule has 5 heteroatoms. The van der Waals surface area contributed by atoms with Crippen LogP contribution in [0.5, 0.6) is 5.88 Å². The third-order valence-corrected chi connectivity index (χ3v) is 2.12. The number of rotatable bonds is 6. The van der Waals surface area contributed by atoms with Crippen LogP contribution in [0.25, 0.3) is 0 Å². The van der Waals surface area contributed by atoms with Crippen LogP contribution in [0, 0.1) is 0 Å². The molecule has 0 aliphatic rings. The summed E-state index contributed by atoms with van der Waals surface area (Å²) < 4.78 is 5.48. The first kappa shape index (κ1) is 12.4. The van der Waals surface area contributed by atoms with Crippen molar-refractivity contribution in [3.05, 3.63) is 23.9 Å². The second-order valence-corrected chi connectivity index (χ2v) is 3.48. The van der Waals surface area contributed by atoms with E-state index in [1.54, 1.807) is 6.07 Å². The highest BCUT2D eigenvalue weighted by Crippen LogP contribution is 2.16. The molecule has 0 amide bonds. The number of carboxylic acids is 1. The normalized spacial score (nSPS) is 12.1. The minimum absolute atomic E-state index is 0.0690. The molecule has 0 spiro atoms. The van der Waals surface area contributed by atoms with Gasteiger partial charge in [0.05, 0.1) is 6.10 Å². The number of pyridine rings is 1. The molecule has 88 valence electrons. The molecule has 2 N–H and O–H groups in total. The Bertz CT molecular complexity index is 355. The van der Waals surface area contributed by atoms with Crippen LogP contribution in [-0.4, -0.2) is 35.8 Å². The summed E-state index contributed by atoms with van der Waals surface area (Å²) in [6.45, 7) is 2.70. The molecule has 1 rings (SSSR count). The van der Waals surface area contributed by atoms with E-state index in [1.807, 2.05) is 14.0 Å². The Morgan fingerprint density at radius 3 is 3.06 bits per heavy atom. The molecule has 5 nitrogen and oxygen atoms in total. The quantitative estimate of drug-likeness (QED) is 0.758. The lowest BCUT2D eigenvalue weighted by molar-refractivity contribution is 0.0688. The molecule has 0 radical (unpaired) electrons. The molecular formula is C11H16N2O3. The van der Waals surface area contributed by atoms with Crippen molar-refractivity contribution in [1.82, 2.24) is 10.3 Å². The first-order valence-corrected chi connectivity index (χ1v) is 5.14. The van der Waals surface area contributed by atoms with E-state index in [1.165, 1.54) is 12.3 Å². The van der Waals surface area contributed by atoms with Crippen LogP contribution in [0.2, 0.25) is 0 Å². The van der Waals surface area contributed by atoms with Crippen molar-refractivity contribution < 1.29 is 14.6 Å². The van der Waals surface area contributed by atoms with Gasteiger partial charge in [-0.05, 0) is 39.1 Å². The topological polar surface area (TPSA) is 71.5 Å². The van der Waals surface area contributed by atoms with Crippen LogP contribution in [0.15, 0.2) is 18.3 Å². The van der Waals surface area contributed by atoms with Crippen LogP contribution >= 0.6 is 0 Å². The van der Waals surface area contributed by atoms with E-state index in [0.29, 0.717) is 0 Å². The highest BCUT2D eigenvalue weighted by atomic mass is 16.5. The van der Waals surface area contributed by atoms with Crippen LogP contribution < -0.4 is 10.1 Å². The molecule has 16 heavy (non-hydrogen) atoms. The van der Waals surface area contributed by atoms with Crippen molar-refractivity contribution in [1.29, 1.82) is 0 Å². The maximum atomic E-state index is 10.9. The molecule has 1 aromatic rings. The van der Waals surface area contributed by atoms with Gasteiger partial charge in [0.25, 0.3) is 0 Å². The van der Waals surface area contributed by atoms with Gasteiger partial charge >= 0.3 is 5.97 Å². The van der Waals surface area contributed by atoms with Gasteiger partial charge in [-0.3, -0.25) is 0 Å². The highest BCUT2D eigenvalue weighted by molar-refractivity contribution is 5.90. The number of carbonyl (C=O) groups is 1. The zero-order valence-electron chi connectivity index (χ0n) is 9.43. The average molecular weight is 224 g/mol. The minimum atomic E-state index is -1.02. The number of nitrogens with one attached hydrogen (secondary N) is 1. The van der Waals surface area contributed by atoms with Crippen LogP contribution in [-0.2, 0) is 0 Å². The van der Waals surface area contributed by atoms with Crippen molar-refractivity contribution in [2.24, 2.45) is 0 Å². The maximum Gasteiger partial charge on any atom is 0.341 e. The van der Waals surface area contributed by atoms with E-state index in [2.05, 4.69) is 10.3 Å². The molecule has 1 unspecified atom stereocenters. The van der Waals surface area contributed by atoms with Gasteiger partial charge in [-0.1, -0.05) is 0 Å².